The first kappa shape index (κ1) is 22.9. The third-order valence-electron chi connectivity index (χ3n) is 4.64. The van der Waals surface area contributed by atoms with Crippen molar-refractivity contribution in [3.63, 3.8) is 0 Å². The van der Waals surface area contributed by atoms with Gasteiger partial charge in [0.15, 0.2) is 0 Å². The van der Waals surface area contributed by atoms with E-state index in [-0.39, 0.29) is 0 Å². The van der Waals surface area contributed by atoms with Gasteiger partial charge in [0.25, 0.3) is 0 Å². The quantitative estimate of drug-likeness (QED) is 0.460. The molecule has 0 bridgehead atoms. The largest absolute Gasteiger partial charge is 0.748 e. The Morgan fingerprint density at radius 3 is 2.04 bits per heavy atom. The van der Waals surface area contributed by atoms with Crippen molar-refractivity contribution in [1.82, 2.24) is 0 Å². The summed E-state index contributed by atoms with van der Waals surface area (Å²) in [7, 11) is -3.92. The molecule has 0 aromatic heterocycles. The van der Waals surface area contributed by atoms with Crippen LogP contribution >= 0.6 is 0 Å². The van der Waals surface area contributed by atoms with Gasteiger partial charge in [-0.25, -0.2) is 8.42 Å². The second-order valence-corrected chi connectivity index (χ2v) is 8.37. The van der Waals surface area contributed by atoms with Gasteiger partial charge in [0.1, 0.15) is 0 Å². The predicted octanol–water partition coefficient (Wildman–Crippen LogP) is 3.14. The van der Waals surface area contributed by atoms with Crippen LogP contribution in [0.1, 0.15) is 90.9 Å². The number of rotatable bonds is 11. The third-order valence-corrected chi connectivity index (χ3v) is 4.64. The Bertz CT molecular complexity index is 349. The summed E-state index contributed by atoms with van der Waals surface area (Å²) in [6.07, 6.45) is 18.1. The van der Waals surface area contributed by atoms with E-state index >= 15 is 0 Å². The van der Waals surface area contributed by atoms with Gasteiger partial charge in [0, 0.05) is 19.1 Å². The number of quaternary nitrogens is 1. The second-order valence-electron chi connectivity index (χ2n) is 6.97. The Kier molecular flexibility index (Phi) is 14.2. The molecule has 1 fully saturated rings. The zero-order valence-electron chi connectivity index (χ0n) is 15.6. The summed E-state index contributed by atoms with van der Waals surface area (Å²) in [6.45, 7) is 7.55. The molecule has 4 nitrogen and oxygen atoms in total. The molecule has 0 spiro atoms. The lowest BCUT2D eigenvalue weighted by Crippen LogP contribution is -3.13. The molecule has 0 aliphatic carbocycles. The van der Waals surface area contributed by atoms with Gasteiger partial charge in [-0.15, -0.1) is 0 Å². The van der Waals surface area contributed by atoms with E-state index in [1.807, 2.05) is 4.90 Å². The first-order valence-electron chi connectivity index (χ1n) is 9.63. The van der Waals surface area contributed by atoms with E-state index < -0.39 is 10.1 Å². The van der Waals surface area contributed by atoms with Crippen LogP contribution in [-0.4, -0.2) is 38.4 Å². The van der Waals surface area contributed by atoms with Gasteiger partial charge in [0.2, 0.25) is 0 Å². The van der Waals surface area contributed by atoms with Gasteiger partial charge in [-0.3, -0.25) is 0 Å². The van der Waals surface area contributed by atoms with E-state index in [0.717, 1.165) is 6.04 Å². The highest BCUT2D eigenvalue weighted by molar-refractivity contribution is 7.84. The topological polar surface area (TPSA) is 61.6 Å². The Hall–Kier alpha value is -0.130. The molecular weight excluding hydrogens is 310 g/mol. The van der Waals surface area contributed by atoms with E-state index in [2.05, 4.69) is 13.8 Å². The number of hydrogen-bond acceptors (Lipinski definition) is 3. The number of hydrogen-bond donors (Lipinski definition) is 1. The van der Waals surface area contributed by atoms with Crippen molar-refractivity contribution >= 4 is 10.1 Å². The molecule has 1 heterocycles. The number of unbranched alkanes of at least 4 members (excludes halogenated alkanes) is 7. The average Bonchev–Trinajstić information content (AvgIpc) is 2.90. The molecule has 0 radical (unpaired) electrons. The zero-order chi connectivity index (χ0) is 17.6. The SMILES string of the molecule is CCCCCCCCC[NH+]1CCCC1CCCC.CS(=O)(=O)[O-]. The van der Waals surface area contributed by atoms with Crippen LogP contribution in [0.5, 0.6) is 0 Å². The molecule has 1 aliphatic heterocycles. The standard InChI is InChI=1S/C17H35N.CH4O3S/c1-3-5-7-8-9-10-11-15-18-16-12-14-17(18)13-6-4-2;1-5(2,3)4/h17H,3-16H2,1-2H3;1H3,(H,2,3,4). The van der Waals surface area contributed by atoms with Gasteiger partial charge in [-0.2, -0.15) is 0 Å². The molecule has 2 unspecified atom stereocenters. The van der Waals surface area contributed by atoms with Gasteiger partial charge in [-0.05, 0) is 25.7 Å². The number of nitrogens with one attached hydrogen (secondary N) is 1. The van der Waals surface area contributed by atoms with E-state index in [9.17, 15) is 0 Å². The van der Waals surface area contributed by atoms with Gasteiger partial charge in [0.05, 0.1) is 29.2 Å². The van der Waals surface area contributed by atoms with Crippen LogP contribution < -0.4 is 4.90 Å². The predicted molar refractivity (Wildman–Crippen MR) is 96.9 cm³/mol. The molecule has 1 rings (SSSR count). The Balaban J connectivity index is 0.000000841. The summed E-state index contributed by atoms with van der Waals surface area (Å²) in [4.78, 5) is 1.94. The molecule has 2 atom stereocenters. The maximum absolute atomic E-state index is 9.08. The van der Waals surface area contributed by atoms with Gasteiger partial charge >= 0.3 is 0 Å². The van der Waals surface area contributed by atoms with Crippen LogP contribution in [0.3, 0.4) is 0 Å². The molecule has 1 saturated heterocycles. The molecule has 0 aromatic carbocycles. The minimum Gasteiger partial charge on any atom is -0.748 e. The second kappa shape index (κ2) is 14.2. The molecule has 140 valence electrons. The van der Waals surface area contributed by atoms with Crippen molar-refractivity contribution in [3.8, 4) is 0 Å². The lowest BCUT2D eigenvalue weighted by atomic mass is 10.1. The van der Waals surface area contributed by atoms with Crippen molar-refractivity contribution in [1.29, 1.82) is 0 Å². The lowest BCUT2D eigenvalue weighted by molar-refractivity contribution is -0.912. The highest BCUT2D eigenvalue weighted by Gasteiger charge is 2.26. The van der Waals surface area contributed by atoms with Crippen LogP contribution in [0.4, 0.5) is 0 Å². The lowest BCUT2D eigenvalue weighted by Gasteiger charge is -2.21. The Morgan fingerprint density at radius 1 is 0.957 bits per heavy atom. The molecule has 23 heavy (non-hydrogen) atoms. The fraction of sp³-hybridized carbons (Fsp3) is 1.00. The van der Waals surface area contributed by atoms with E-state index in [1.54, 1.807) is 0 Å². The summed E-state index contributed by atoms with van der Waals surface area (Å²) in [6, 6.07) is 1.02. The average molecular weight is 350 g/mol. The first-order chi connectivity index (χ1) is 10.9. The monoisotopic (exact) mass is 349 g/mol. The minimum atomic E-state index is -3.92. The fourth-order valence-electron chi connectivity index (χ4n) is 3.42. The smallest absolute Gasteiger partial charge is 0.0916 e. The molecule has 5 heteroatoms. The van der Waals surface area contributed by atoms with Crippen molar-refractivity contribution in [2.45, 2.75) is 96.9 Å². The fourth-order valence-corrected chi connectivity index (χ4v) is 3.42. The Morgan fingerprint density at radius 2 is 1.48 bits per heavy atom. The van der Waals surface area contributed by atoms with Gasteiger partial charge < -0.3 is 9.45 Å². The van der Waals surface area contributed by atoms with Crippen LogP contribution in [0.25, 0.3) is 0 Å². The van der Waals surface area contributed by atoms with E-state index in [0.29, 0.717) is 6.26 Å². The molecule has 1 N–H and O–H groups in total. The summed E-state index contributed by atoms with van der Waals surface area (Å²) in [5.74, 6) is 0. The van der Waals surface area contributed by atoms with Crippen molar-refractivity contribution in [2.75, 3.05) is 19.3 Å². The first-order valence-corrected chi connectivity index (χ1v) is 11.5. The maximum atomic E-state index is 9.08. The molecular formula is C18H39NO3S. The zero-order valence-corrected chi connectivity index (χ0v) is 16.4. The molecule has 0 aromatic rings. The summed E-state index contributed by atoms with van der Waals surface area (Å²) < 4.78 is 27.2. The van der Waals surface area contributed by atoms with Crippen LogP contribution in [0, 0.1) is 0 Å². The van der Waals surface area contributed by atoms with Crippen molar-refractivity contribution < 1.29 is 17.9 Å². The summed E-state index contributed by atoms with van der Waals surface area (Å²) >= 11 is 0. The molecule has 1 aliphatic rings. The Labute approximate surface area is 144 Å². The van der Waals surface area contributed by atoms with E-state index in [1.165, 1.54) is 90.1 Å². The maximum Gasteiger partial charge on any atom is 0.0916 e. The normalized spacial score (nSPS) is 21.0. The highest BCUT2D eigenvalue weighted by atomic mass is 32.2. The number of likely N-dealkylation sites (tertiary alicyclic amines) is 1. The van der Waals surface area contributed by atoms with Crippen LogP contribution in [0.15, 0.2) is 0 Å². The molecule has 0 amide bonds. The van der Waals surface area contributed by atoms with Crippen molar-refractivity contribution in [3.05, 3.63) is 0 Å². The van der Waals surface area contributed by atoms with Gasteiger partial charge in [-0.1, -0.05) is 52.4 Å². The minimum absolute atomic E-state index is 0.604. The van der Waals surface area contributed by atoms with Crippen molar-refractivity contribution in [2.24, 2.45) is 0 Å². The van der Waals surface area contributed by atoms with Crippen LogP contribution in [-0.2, 0) is 10.1 Å². The third kappa shape index (κ3) is 16.5. The highest BCUT2D eigenvalue weighted by Crippen LogP contribution is 2.09. The van der Waals surface area contributed by atoms with E-state index in [4.69, 9.17) is 13.0 Å². The van der Waals surface area contributed by atoms with Crippen LogP contribution in [0.2, 0.25) is 0 Å². The molecule has 0 saturated carbocycles. The summed E-state index contributed by atoms with van der Waals surface area (Å²) in [5.41, 5.74) is 0. The summed E-state index contributed by atoms with van der Waals surface area (Å²) in [5, 5.41) is 0.